The van der Waals surface area contributed by atoms with Gasteiger partial charge in [0, 0.05) is 28.6 Å². The molecule has 2 aromatic carbocycles. The molecular formula is C20H19N3O3S. The van der Waals surface area contributed by atoms with Crippen molar-refractivity contribution in [3.05, 3.63) is 54.1 Å². The van der Waals surface area contributed by atoms with Gasteiger partial charge in [0.15, 0.2) is 0 Å². The van der Waals surface area contributed by atoms with Crippen molar-refractivity contribution in [2.24, 2.45) is 0 Å². The van der Waals surface area contributed by atoms with Crippen molar-refractivity contribution in [2.75, 3.05) is 10.6 Å². The fourth-order valence-electron chi connectivity index (χ4n) is 2.81. The Morgan fingerprint density at radius 3 is 2.56 bits per heavy atom. The van der Waals surface area contributed by atoms with Crippen LogP contribution in [-0.2, 0) is 9.59 Å². The van der Waals surface area contributed by atoms with Crippen LogP contribution in [0.2, 0.25) is 0 Å². The monoisotopic (exact) mass is 381 g/mol. The number of amides is 3. The molecule has 0 radical (unpaired) electrons. The Bertz CT molecular complexity index is 894. The highest BCUT2D eigenvalue weighted by atomic mass is 32.2. The molecule has 0 spiro atoms. The van der Waals surface area contributed by atoms with E-state index in [0.29, 0.717) is 17.3 Å². The van der Waals surface area contributed by atoms with E-state index in [-0.39, 0.29) is 24.1 Å². The highest BCUT2D eigenvalue weighted by molar-refractivity contribution is 8.01. The van der Waals surface area contributed by atoms with E-state index in [4.69, 9.17) is 0 Å². The molecule has 7 heteroatoms. The molecule has 1 fully saturated rings. The van der Waals surface area contributed by atoms with E-state index < -0.39 is 5.25 Å². The van der Waals surface area contributed by atoms with E-state index in [1.807, 2.05) is 24.3 Å². The van der Waals surface area contributed by atoms with Crippen LogP contribution < -0.4 is 16.0 Å². The molecule has 1 unspecified atom stereocenters. The SMILES string of the molecule is O=C(CC1Sc2ccccc2NC1=O)Nc1ccc(C(=O)NC2CC2)cc1. The molecule has 1 saturated carbocycles. The number of thioether (sulfide) groups is 1. The lowest BCUT2D eigenvalue weighted by Gasteiger charge is -2.23. The van der Waals surface area contributed by atoms with Crippen LogP contribution in [0, 0.1) is 0 Å². The lowest BCUT2D eigenvalue weighted by molar-refractivity contribution is -0.120. The van der Waals surface area contributed by atoms with Crippen LogP contribution in [-0.4, -0.2) is 29.0 Å². The van der Waals surface area contributed by atoms with E-state index in [0.717, 1.165) is 23.4 Å². The second-order valence-electron chi connectivity index (χ2n) is 6.67. The first-order valence-electron chi connectivity index (χ1n) is 8.86. The van der Waals surface area contributed by atoms with Gasteiger partial charge in [0.05, 0.1) is 10.9 Å². The van der Waals surface area contributed by atoms with Gasteiger partial charge in [0.2, 0.25) is 11.8 Å². The molecule has 3 amide bonds. The maximum absolute atomic E-state index is 12.3. The first-order chi connectivity index (χ1) is 13.1. The first-order valence-corrected chi connectivity index (χ1v) is 9.74. The van der Waals surface area contributed by atoms with Crippen molar-refractivity contribution >= 4 is 40.9 Å². The summed E-state index contributed by atoms with van der Waals surface area (Å²) in [6, 6.07) is 14.6. The number of hydrogen-bond donors (Lipinski definition) is 3. The van der Waals surface area contributed by atoms with Crippen molar-refractivity contribution < 1.29 is 14.4 Å². The van der Waals surface area contributed by atoms with Crippen molar-refractivity contribution in [1.29, 1.82) is 0 Å². The number of carbonyl (C=O) groups excluding carboxylic acids is 3. The molecule has 1 aliphatic heterocycles. The average Bonchev–Trinajstić information content (AvgIpc) is 3.47. The van der Waals surface area contributed by atoms with Gasteiger partial charge in [-0.05, 0) is 49.2 Å². The minimum Gasteiger partial charge on any atom is -0.349 e. The zero-order valence-corrected chi connectivity index (χ0v) is 15.3. The summed E-state index contributed by atoms with van der Waals surface area (Å²) >= 11 is 1.40. The Balaban J connectivity index is 1.34. The highest BCUT2D eigenvalue weighted by Gasteiger charge is 2.29. The minimum atomic E-state index is -0.469. The predicted molar refractivity (Wildman–Crippen MR) is 105 cm³/mol. The smallest absolute Gasteiger partial charge is 0.251 e. The fraction of sp³-hybridized carbons (Fsp3) is 0.250. The van der Waals surface area contributed by atoms with Crippen molar-refractivity contribution in [3.63, 3.8) is 0 Å². The maximum atomic E-state index is 12.3. The van der Waals surface area contributed by atoms with E-state index in [1.54, 1.807) is 24.3 Å². The average molecular weight is 381 g/mol. The highest BCUT2D eigenvalue weighted by Crippen LogP contribution is 2.36. The van der Waals surface area contributed by atoms with E-state index in [2.05, 4.69) is 16.0 Å². The van der Waals surface area contributed by atoms with Crippen molar-refractivity contribution in [1.82, 2.24) is 5.32 Å². The number of nitrogens with one attached hydrogen (secondary N) is 3. The molecular weight excluding hydrogens is 362 g/mol. The number of fused-ring (bicyclic) bond motifs is 1. The van der Waals surface area contributed by atoms with Crippen molar-refractivity contribution in [3.8, 4) is 0 Å². The van der Waals surface area contributed by atoms with Crippen molar-refractivity contribution in [2.45, 2.75) is 35.4 Å². The summed E-state index contributed by atoms with van der Waals surface area (Å²) in [4.78, 5) is 37.5. The third-order valence-electron chi connectivity index (χ3n) is 4.42. The van der Waals surface area contributed by atoms with Gasteiger partial charge in [0.25, 0.3) is 5.91 Å². The van der Waals surface area contributed by atoms with Gasteiger partial charge in [-0.25, -0.2) is 0 Å². The van der Waals surface area contributed by atoms with Gasteiger partial charge < -0.3 is 16.0 Å². The molecule has 3 N–H and O–H groups in total. The standard InChI is InChI=1S/C20H19N3O3S/c24-18(11-17-20(26)23-15-3-1-2-4-16(15)27-17)21-13-7-5-12(6-8-13)19(25)22-14-9-10-14/h1-8,14,17H,9-11H2,(H,21,24)(H,22,25)(H,23,26). The first kappa shape index (κ1) is 17.6. The summed E-state index contributed by atoms with van der Waals surface area (Å²) in [6.07, 6.45) is 2.16. The third kappa shape index (κ3) is 4.31. The van der Waals surface area contributed by atoms with Gasteiger partial charge in [-0.1, -0.05) is 12.1 Å². The molecule has 138 valence electrons. The Morgan fingerprint density at radius 2 is 1.81 bits per heavy atom. The molecule has 0 bridgehead atoms. The molecule has 1 atom stereocenters. The Hall–Kier alpha value is -2.80. The maximum Gasteiger partial charge on any atom is 0.251 e. The lowest BCUT2D eigenvalue weighted by atomic mass is 10.2. The summed E-state index contributed by atoms with van der Waals surface area (Å²) in [5.41, 5.74) is 1.95. The number of carbonyl (C=O) groups is 3. The quantitative estimate of drug-likeness (QED) is 0.743. The zero-order valence-electron chi connectivity index (χ0n) is 14.5. The lowest BCUT2D eigenvalue weighted by Crippen LogP contribution is -2.32. The largest absolute Gasteiger partial charge is 0.349 e. The normalized spacial score (nSPS) is 18.2. The molecule has 0 saturated heterocycles. The molecule has 6 nitrogen and oxygen atoms in total. The van der Waals surface area contributed by atoms with Crippen LogP contribution in [0.25, 0.3) is 0 Å². The second kappa shape index (κ2) is 7.44. The van der Waals surface area contributed by atoms with E-state index in [9.17, 15) is 14.4 Å². The summed E-state index contributed by atoms with van der Waals surface area (Å²) in [5.74, 6) is -0.498. The fourth-order valence-corrected chi connectivity index (χ4v) is 3.92. The molecule has 2 aliphatic rings. The molecule has 0 aromatic heterocycles. The zero-order chi connectivity index (χ0) is 18.8. The molecule has 1 aliphatic carbocycles. The molecule has 4 rings (SSSR count). The van der Waals surface area contributed by atoms with E-state index >= 15 is 0 Å². The van der Waals surface area contributed by atoms with Crippen LogP contribution >= 0.6 is 11.8 Å². The molecule has 2 aromatic rings. The number of hydrogen-bond acceptors (Lipinski definition) is 4. The Labute approximate surface area is 161 Å². The predicted octanol–water partition coefficient (Wildman–Crippen LogP) is 3.02. The molecule has 27 heavy (non-hydrogen) atoms. The Morgan fingerprint density at radius 1 is 1.07 bits per heavy atom. The topological polar surface area (TPSA) is 87.3 Å². The second-order valence-corrected chi connectivity index (χ2v) is 7.91. The Kier molecular flexibility index (Phi) is 4.85. The van der Waals surface area contributed by atoms with Crippen LogP contribution in [0.4, 0.5) is 11.4 Å². The summed E-state index contributed by atoms with van der Waals surface area (Å²) in [6.45, 7) is 0. The van der Waals surface area contributed by atoms with Gasteiger partial charge >= 0.3 is 0 Å². The summed E-state index contributed by atoms with van der Waals surface area (Å²) in [7, 11) is 0. The number of rotatable bonds is 5. The minimum absolute atomic E-state index is 0.0781. The number of anilines is 2. The summed E-state index contributed by atoms with van der Waals surface area (Å²) in [5, 5.41) is 8.08. The van der Waals surface area contributed by atoms with Crippen LogP contribution in [0.3, 0.4) is 0 Å². The van der Waals surface area contributed by atoms with Crippen LogP contribution in [0.5, 0.6) is 0 Å². The number of benzene rings is 2. The van der Waals surface area contributed by atoms with Crippen LogP contribution in [0.15, 0.2) is 53.4 Å². The number of para-hydroxylation sites is 1. The summed E-state index contributed by atoms with van der Waals surface area (Å²) < 4.78 is 0. The van der Waals surface area contributed by atoms with Gasteiger partial charge in [0.1, 0.15) is 0 Å². The van der Waals surface area contributed by atoms with Gasteiger partial charge in [-0.15, -0.1) is 11.8 Å². The molecule has 1 heterocycles. The van der Waals surface area contributed by atoms with Crippen LogP contribution in [0.1, 0.15) is 29.6 Å². The van der Waals surface area contributed by atoms with Gasteiger partial charge in [-0.3, -0.25) is 14.4 Å². The third-order valence-corrected chi connectivity index (χ3v) is 5.70. The van der Waals surface area contributed by atoms with E-state index in [1.165, 1.54) is 11.8 Å². The van der Waals surface area contributed by atoms with Gasteiger partial charge in [-0.2, -0.15) is 0 Å².